The van der Waals surface area contributed by atoms with Gasteiger partial charge in [0.25, 0.3) is 5.91 Å². The van der Waals surface area contributed by atoms with Crippen molar-refractivity contribution in [1.29, 1.82) is 0 Å². The molecule has 3 rings (SSSR count). The first-order chi connectivity index (χ1) is 13.9. The Labute approximate surface area is 179 Å². The third kappa shape index (κ3) is 5.49. The number of hydrogen-bond donors (Lipinski definition) is 1. The van der Waals surface area contributed by atoms with Gasteiger partial charge in [-0.05, 0) is 49.2 Å². The van der Waals surface area contributed by atoms with Crippen LogP contribution in [-0.2, 0) is 14.8 Å². The fourth-order valence-electron chi connectivity index (χ4n) is 3.09. The number of hydrogen-bond acceptors (Lipinski definition) is 5. The molecular formula is C20H23BrN2O5S. The molecule has 156 valence electrons. The van der Waals surface area contributed by atoms with Gasteiger partial charge in [-0.25, -0.2) is 8.42 Å². The number of methoxy groups -OCH3 is 1. The van der Waals surface area contributed by atoms with E-state index in [2.05, 4.69) is 21.2 Å². The van der Waals surface area contributed by atoms with Gasteiger partial charge in [0.15, 0.2) is 6.61 Å². The van der Waals surface area contributed by atoms with Crippen LogP contribution in [0.15, 0.2) is 51.8 Å². The molecule has 0 aliphatic carbocycles. The Morgan fingerprint density at radius 1 is 1.14 bits per heavy atom. The summed E-state index contributed by atoms with van der Waals surface area (Å²) in [5.41, 5.74) is 0.286. The maximum absolute atomic E-state index is 12.9. The van der Waals surface area contributed by atoms with Crippen molar-refractivity contribution in [2.24, 2.45) is 0 Å². The molecule has 1 saturated heterocycles. The lowest BCUT2D eigenvalue weighted by atomic mass is 10.2. The van der Waals surface area contributed by atoms with E-state index in [1.807, 2.05) is 6.07 Å². The van der Waals surface area contributed by atoms with Gasteiger partial charge in [0, 0.05) is 17.6 Å². The summed E-state index contributed by atoms with van der Waals surface area (Å²) in [5, 5.41) is 2.68. The van der Waals surface area contributed by atoms with Crippen LogP contribution >= 0.6 is 15.9 Å². The van der Waals surface area contributed by atoms with E-state index in [1.165, 1.54) is 23.5 Å². The van der Waals surface area contributed by atoms with Crippen molar-refractivity contribution >= 4 is 37.5 Å². The van der Waals surface area contributed by atoms with Crippen LogP contribution in [0.25, 0.3) is 0 Å². The number of amides is 1. The third-order valence-electron chi connectivity index (χ3n) is 4.56. The molecule has 29 heavy (non-hydrogen) atoms. The highest BCUT2D eigenvalue weighted by Gasteiger charge is 2.27. The molecule has 1 aliphatic rings. The molecule has 1 heterocycles. The summed E-state index contributed by atoms with van der Waals surface area (Å²) in [4.78, 5) is 12.5. The average Bonchev–Trinajstić information content (AvgIpc) is 2.73. The normalized spacial score (nSPS) is 15.0. The molecule has 2 aromatic rings. The molecule has 0 bridgehead atoms. The van der Waals surface area contributed by atoms with Crippen LogP contribution in [0.4, 0.5) is 5.69 Å². The molecule has 0 saturated carbocycles. The van der Waals surface area contributed by atoms with Crippen molar-refractivity contribution in [2.45, 2.75) is 24.2 Å². The Hall–Kier alpha value is -2.10. The highest BCUT2D eigenvalue weighted by atomic mass is 79.9. The van der Waals surface area contributed by atoms with Gasteiger partial charge < -0.3 is 14.8 Å². The number of nitrogens with one attached hydrogen (secondary N) is 1. The quantitative estimate of drug-likeness (QED) is 0.650. The van der Waals surface area contributed by atoms with Crippen molar-refractivity contribution in [2.75, 3.05) is 32.1 Å². The van der Waals surface area contributed by atoms with Crippen molar-refractivity contribution in [3.63, 3.8) is 0 Å². The highest BCUT2D eigenvalue weighted by molar-refractivity contribution is 9.10. The van der Waals surface area contributed by atoms with Gasteiger partial charge in [0.2, 0.25) is 10.0 Å². The molecule has 0 radical (unpaired) electrons. The predicted molar refractivity (Wildman–Crippen MR) is 114 cm³/mol. The van der Waals surface area contributed by atoms with E-state index in [4.69, 9.17) is 9.47 Å². The number of anilines is 1. The van der Waals surface area contributed by atoms with Gasteiger partial charge in [-0.15, -0.1) is 0 Å². The van der Waals surface area contributed by atoms with Crippen LogP contribution in [0, 0.1) is 0 Å². The number of sulfonamides is 1. The maximum Gasteiger partial charge on any atom is 0.262 e. The van der Waals surface area contributed by atoms with E-state index in [-0.39, 0.29) is 17.2 Å². The van der Waals surface area contributed by atoms with Gasteiger partial charge in [0.1, 0.15) is 11.5 Å². The minimum Gasteiger partial charge on any atom is -0.495 e. The summed E-state index contributed by atoms with van der Waals surface area (Å²) < 4.78 is 38.9. The Morgan fingerprint density at radius 2 is 1.90 bits per heavy atom. The third-order valence-corrected chi connectivity index (χ3v) is 6.95. The van der Waals surface area contributed by atoms with Crippen LogP contribution in [-0.4, -0.2) is 45.4 Å². The maximum atomic E-state index is 12.9. The number of rotatable bonds is 7. The zero-order valence-corrected chi connectivity index (χ0v) is 18.5. The molecule has 1 fully saturated rings. The van der Waals surface area contributed by atoms with E-state index < -0.39 is 15.9 Å². The molecule has 0 spiro atoms. The highest BCUT2D eigenvalue weighted by Crippen LogP contribution is 2.30. The van der Waals surface area contributed by atoms with Gasteiger partial charge in [-0.1, -0.05) is 28.4 Å². The second kappa shape index (κ2) is 9.60. The van der Waals surface area contributed by atoms with Crippen LogP contribution in [0.3, 0.4) is 0 Å². The Bertz CT molecular complexity index is 975. The number of carbonyl (C=O) groups excluding carboxylic acids is 1. The first-order valence-electron chi connectivity index (χ1n) is 9.26. The van der Waals surface area contributed by atoms with E-state index in [0.717, 1.165) is 23.7 Å². The molecule has 9 heteroatoms. The number of benzene rings is 2. The molecule has 0 unspecified atom stereocenters. The summed E-state index contributed by atoms with van der Waals surface area (Å²) in [6.07, 6.45) is 2.74. The summed E-state index contributed by atoms with van der Waals surface area (Å²) in [6.45, 7) is 0.801. The predicted octanol–water partition coefficient (Wildman–Crippen LogP) is 3.65. The van der Waals surface area contributed by atoms with Crippen molar-refractivity contribution in [3.8, 4) is 11.5 Å². The van der Waals surface area contributed by atoms with E-state index >= 15 is 0 Å². The fraction of sp³-hybridized carbons (Fsp3) is 0.350. The zero-order valence-electron chi connectivity index (χ0n) is 16.1. The number of ether oxygens (including phenoxy) is 2. The standard InChI is InChI=1S/C20H23BrN2O5S/c1-27-19-9-8-17(29(25,26)23-10-3-2-4-11-23)13-18(19)22-20(24)14-28-16-7-5-6-15(21)12-16/h5-9,12-13H,2-4,10-11,14H2,1H3,(H,22,24). The van der Waals surface area contributed by atoms with Gasteiger partial charge in [0.05, 0.1) is 17.7 Å². The van der Waals surface area contributed by atoms with Crippen LogP contribution in [0.1, 0.15) is 19.3 Å². The summed E-state index contributed by atoms with van der Waals surface area (Å²) in [6, 6.07) is 11.6. The van der Waals surface area contributed by atoms with Crippen molar-refractivity contribution < 1.29 is 22.7 Å². The molecule has 1 amide bonds. The number of nitrogens with zero attached hydrogens (tertiary/aromatic N) is 1. The molecule has 2 aromatic carbocycles. The topological polar surface area (TPSA) is 84.9 Å². The average molecular weight is 483 g/mol. The Balaban J connectivity index is 1.73. The lowest BCUT2D eigenvalue weighted by molar-refractivity contribution is -0.118. The van der Waals surface area contributed by atoms with Crippen molar-refractivity contribution in [1.82, 2.24) is 4.31 Å². The fourth-order valence-corrected chi connectivity index (χ4v) is 5.01. The second-order valence-corrected chi connectivity index (χ2v) is 9.47. The molecule has 1 N–H and O–H groups in total. The smallest absolute Gasteiger partial charge is 0.262 e. The summed E-state index contributed by atoms with van der Waals surface area (Å²) >= 11 is 3.34. The summed E-state index contributed by atoms with van der Waals surface area (Å²) in [5.74, 6) is 0.497. The van der Waals surface area contributed by atoms with Crippen LogP contribution < -0.4 is 14.8 Å². The Kier molecular flexibility index (Phi) is 7.15. The second-order valence-electron chi connectivity index (χ2n) is 6.62. The zero-order chi connectivity index (χ0) is 20.9. The molecule has 1 aliphatic heterocycles. The van der Waals surface area contributed by atoms with E-state index in [1.54, 1.807) is 24.3 Å². The number of carbonyl (C=O) groups is 1. The number of halogens is 1. The van der Waals surface area contributed by atoms with E-state index in [9.17, 15) is 13.2 Å². The molecular weight excluding hydrogens is 460 g/mol. The molecule has 7 nitrogen and oxygen atoms in total. The lowest BCUT2D eigenvalue weighted by Crippen LogP contribution is -2.35. The van der Waals surface area contributed by atoms with Crippen LogP contribution in [0.2, 0.25) is 0 Å². The summed E-state index contributed by atoms with van der Waals surface area (Å²) in [7, 11) is -2.16. The molecule has 0 aromatic heterocycles. The lowest BCUT2D eigenvalue weighted by Gasteiger charge is -2.26. The first kappa shape index (κ1) is 21.6. The van der Waals surface area contributed by atoms with Crippen molar-refractivity contribution in [3.05, 3.63) is 46.9 Å². The Morgan fingerprint density at radius 3 is 2.59 bits per heavy atom. The minimum atomic E-state index is -3.62. The number of piperidine rings is 1. The molecule has 0 atom stereocenters. The first-order valence-corrected chi connectivity index (χ1v) is 11.5. The minimum absolute atomic E-state index is 0.128. The van der Waals surface area contributed by atoms with E-state index in [0.29, 0.717) is 24.6 Å². The van der Waals surface area contributed by atoms with Gasteiger partial charge in [-0.2, -0.15) is 4.31 Å². The van der Waals surface area contributed by atoms with Gasteiger partial charge >= 0.3 is 0 Å². The van der Waals surface area contributed by atoms with Crippen LogP contribution in [0.5, 0.6) is 11.5 Å². The SMILES string of the molecule is COc1ccc(S(=O)(=O)N2CCCCC2)cc1NC(=O)COc1cccc(Br)c1. The largest absolute Gasteiger partial charge is 0.495 e. The monoisotopic (exact) mass is 482 g/mol. The van der Waals surface area contributed by atoms with Gasteiger partial charge in [-0.3, -0.25) is 4.79 Å².